The number of hydrogen-bond acceptors (Lipinski definition) is 2. The first-order valence-electron chi connectivity index (χ1n) is 5.99. The van der Waals surface area contributed by atoms with Crippen LogP contribution in [0.1, 0.15) is 52.4 Å². The second kappa shape index (κ2) is 11.0. The van der Waals surface area contributed by atoms with E-state index in [1.54, 1.807) is 0 Å². The Kier molecular flexibility index (Phi) is 10.9. The quantitative estimate of drug-likeness (QED) is 0.552. The predicted octanol–water partition coefficient (Wildman–Crippen LogP) is 2.99. The van der Waals surface area contributed by atoms with Gasteiger partial charge in [-0.2, -0.15) is 0 Å². The van der Waals surface area contributed by atoms with Gasteiger partial charge in [-0.3, -0.25) is 0 Å². The van der Waals surface area contributed by atoms with Crippen molar-refractivity contribution in [3.05, 3.63) is 0 Å². The van der Waals surface area contributed by atoms with Gasteiger partial charge in [-0.15, -0.1) is 0 Å². The highest BCUT2D eigenvalue weighted by Crippen LogP contribution is 2.13. The van der Waals surface area contributed by atoms with Gasteiger partial charge >= 0.3 is 0 Å². The average molecular weight is 202 g/mol. The van der Waals surface area contributed by atoms with Gasteiger partial charge in [-0.1, -0.05) is 46.0 Å². The zero-order valence-corrected chi connectivity index (χ0v) is 9.80. The highest BCUT2D eigenvalue weighted by molar-refractivity contribution is 4.53. The Bertz CT molecular complexity index is 92.5. The lowest BCUT2D eigenvalue weighted by Crippen LogP contribution is -2.05. The molecule has 1 unspecified atom stereocenters. The van der Waals surface area contributed by atoms with Crippen LogP contribution in [0.15, 0.2) is 0 Å². The van der Waals surface area contributed by atoms with Crippen LogP contribution < -0.4 is 0 Å². The van der Waals surface area contributed by atoms with Crippen molar-refractivity contribution in [2.75, 3.05) is 19.8 Å². The standard InChI is InChI=1S/C12H26O2/c1-3-4-5-6-7-12(2)8-10-14-11-9-13/h12-13H,3-11H2,1-2H3. The summed E-state index contributed by atoms with van der Waals surface area (Å²) in [6.45, 7) is 5.96. The Hall–Kier alpha value is -0.0800. The molecule has 0 fully saturated rings. The van der Waals surface area contributed by atoms with Gasteiger partial charge in [0.1, 0.15) is 0 Å². The molecular formula is C12H26O2. The molecule has 0 saturated carbocycles. The topological polar surface area (TPSA) is 29.5 Å². The molecule has 0 heterocycles. The van der Waals surface area contributed by atoms with Crippen LogP contribution in [0.2, 0.25) is 0 Å². The van der Waals surface area contributed by atoms with Gasteiger partial charge in [-0.25, -0.2) is 0 Å². The normalized spacial score (nSPS) is 13.1. The van der Waals surface area contributed by atoms with E-state index in [-0.39, 0.29) is 6.61 Å². The minimum Gasteiger partial charge on any atom is -0.394 e. The van der Waals surface area contributed by atoms with E-state index < -0.39 is 0 Å². The highest BCUT2D eigenvalue weighted by atomic mass is 16.5. The second-order valence-electron chi connectivity index (χ2n) is 4.08. The van der Waals surface area contributed by atoms with E-state index in [1.165, 1.54) is 32.1 Å². The monoisotopic (exact) mass is 202 g/mol. The fraction of sp³-hybridized carbons (Fsp3) is 1.00. The fourth-order valence-electron chi connectivity index (χ4n) is 1.52. The zero-order chi connectivity index (χ0) is 10.6. The van der Waals surface area contributed by atoms with Crippen molar-refractivity contribution in [3.8, 4) is 0 Å². The van der Waals surface area contributed by atoms with Gasteiger partial charge in [0.05, 0.1) is 13.2 Å². The van der Waals surface area contributed by atoms with Crippen LogP contribution in [0.4, 0.5) is 0 Å². The molecule has 0 radical (unpaired) electrons. The van der Waals surface area contributed by atoms with Crippen LogP contribution in [0, 0.1) is 5.92 Å². The number of rotatable bonds is 10. The van der Waals surface area contributed by atoms with E-state index in [9.17, 15) is 0 Å². The van der Waals surface area contributed by atoms with Crippen molar-refractivity contribution in [2.45, 2.75) is 52.4 Å². The molecule has 0 amide bonds. The molecule has 0 saturated heterocycles. The Morgan fingerprint density at radius 3 is 2.50 bits per heavy atom. The summed E-state index contributed by atoms with van der Waals surface area (Å²) in [5.41, 5.74) is 0. The third-order valence-corrected chi connectivity index (χ3v) is 2.54. The third-order valence-electron chi connectivity index (χ3n) is 2.54. The lowest BCUT2D eigenvalue weighted by Gasteiger charge is -2.10. The number of unbranched alkanes of at least 4 members (excludes halogenated alkanes) is 3. The number of hydrogen-bond donors (Lipinski definition) is 1. The summed E-state index contributed by atoms with van der Waals surface area (Å²) in [4.78, 5) is 0. The maximum Gasteiger partial charge on any atom is 0.0697 e. The molecular weight excluding hydrogens is 176 g/mol. The van der Waals surface area contributed by atoms with Crippen LogP contribution >= 0.6 is 0 Å². The fourth-order valence-corrected chi connectivity index (χ4v) is 1.52. The van der Waals surface area contributed by atoms with Gasteiger partial charge in [0.2, 0.25) is 0 Å². The summed E-state index contributed by atoms with van der Waals surface area (Å²) >= 11 is 0. The van der Waals surface area contributed by atoms with Crippen LogP contribution in [0.3, 0.4) is 0 Å². The smallest absolute Gasteiger partial charge is 0.0697 e. The molecule has 0 aromatic heterocycles. The van der Waals surface area contributed by atoms with Gasteiger partial charge in [0.15, 0.2) is 0 Å². The lowest BCUT2D eigenvalue weighted by atomic mass is 10.00. The Labute approximate surface area is 88.7 Å². The maximum absolute atomic E-state index is 8.51. The number of ether oxygens (including phenoxy) is 1. The molecule has 2 heteroatoms. The number of aliphatic hydroxyl groups is 1. The third kappa shape index (κ3) is 10.0. The van der Waals surface area contributed by atoms with E-state index in [1.807, 2.05) is 0 Å². The summed E-state index contributed by atoms with van der Waals surface area (Å²) in [6.07, 6.45) is 7.86. The van der Waals surface area contributed by atoms with E-state index in [2.05, 4.69) is 13.8 Å². The van der Waals surface area contributed by atoms with E-state index in [0.717, 1.165) is 18.9 Å². The van der Waals surface area contributed by atoms with Crippen molar-refractivity contribution in [1.29, 1.82) is 0 Å². The van der Waals surface area contributed by atoms with Gasteiger partial charge in [0, 0.05) is 6.61 Å². The van der Waals surface area contributed by atoms with Crippen LogP contribution in [-0.2, 0) is 4.74 Å². The molecule has 0 aliphatic carbocycles. The first-order valence-corrected chi connectivity index (χ1v) is 5.99. The first kappa shape index (κ1) is 13.9. The molecule has 0 aromatic rings. The zero-order valence-electron chi connectivity index (χ0n) is 9.80. The highest BCUT2D eigenvalue weighted by Gasteiger charge is 2.01. The van der Waals surface area contributed by atoms with Crippen LogP contribution in [0.25, 0.3) is 0 Å². The summed E-state index contributed by atoms with van der Waals surface area (Å²) in [5.74, 6) is 0.769. The molecule has 0 rings (SSSR count). The summed E-state index contributed by atoms with van der Waals surface area (Å²) in [7, 11) is 0. The Morgan fingerprint density at radius 1 is 1.07 bits per heavy atom. The van der Waals surface area contributed by atoms with E-state index in [0.29, 0.717) is 6.61 Å². The molecule has 0 aromatic carbocycles. The van der Waals surface area contributed by atoms with E-state index in [4.69, 9.17) is 9.84 Å². The van der Waals surface area contributed by atoms with Gasteiger partial charge in [0.25, 0.3) is 0 Å². The SMILES string of the molecule is CCCCCCC(C)CCOCCO. The summed E-state index contributed by atoms with van der Waals surface area (Å²) in [6, 6.07) is 0. The molecule has 0 bridgehead atoms. The van der Waals surface area contributed by atoms with Crippen molar-refractivity contribution < 1.29 is 9.84 Å². The molecule has 1 atom stereocenters. The average Bonchev–Trinajstić information content (AvgIpc) is 2.19. The Balaban J connectivity index is 3.07. The summed E-state index contributed by atoms with van der Waals surface area (Å²) < 4.78 is 5.23. The molecule has 2 nitrogen and oxygen atoms in total. The lowest BCUT2D eigenvalue weighted by molar-refractivity contribution is 0.0834. The predicted molar refractivity (Wildman–Crippen MR) is 60.4 cm³/mol. The Morgan fingerprint density at radius 2 is 1.86 bits per heavy atom. The molecule has 86 valence electrons. The van der Waals surface area contributed by atoms with Crippen LogP contribution in [-0.4, -0.2) is 24.9 Å². The maximum atomic E-state index is 8.51. The van der Waals surface area contributed by atoms with Gasteiger partial charge in [-0.05, 0) is 12.3 Å². The minimum atomic E-state index is 0.144. The molecule has 14 heavy (non-hydrogen) atoms. The van der Waals surface area contributed by atoms with E-state index >= 15 is 0 Å². The van der Waals surface area contributed by atoms with Crippen molar-refractivity contribution in [1.82, 2.24) is 0 Å². The molecule has 0 spiro atoms. The van der Waals surface area contributed by atoms with Crippen molar-refractivity contribution in [3.63, 3.8) is 0 Å². The van der Waals surface area contributed by atoms with Crippen molar-refractivity contribution >= 4 is 0 Å². The minimum absolute atomic E-state index is 0.144. The molecule has 0 aliphatic heterocycles. The van der Waals surface area contributed by atoms with Crippen LogP contribution in [0.5, 0.6) is 0 Å². The first-order chi connectivity index (χ1) is 6.81. The summed E-state index contributed by atoms with van der Waals surface area (Å²) in [5, 5.41) is 8.51. The largest absolute Gasteiger partial charge is 0.394 e. The van der Waals surface area contributed by atoms with Crippen molar-refractivity contribution in [2.24, 2.45) is 5.92 Å². The number of aliphatic hydroxyl groups excluding tert-OH is 1. The van der Waals surface area contributed by atoms with Gasteiger partial charge < -0.3 is 9.84 Å². The second-order valence-corrected chi connectivity index (χ2v) is 4.08. The molecule has 1 N–H and O–H groups in total. The molecule has 0 aliphatic rings.